The Bertz CT molecular complexity index is 1020. The van der Waals surface area contributed by atoms with Gasteiger partial charge in [-0.15, -0.1) is 0 Å². The average Bonchev–Trinajstić information content (AvgIpc) is 3.17. The molecule has 1 fully saturated rings. The van der Waals surface area contributed by atoms with Gasteiger partial charge in [-0.25, -0.2) is 8.42 Å². The van der Waals surface area contributed by atoms with Gasteiger partial charge < -0.3 is 9.64 Å². The lowest BCUT2D eigenvalue weighted by atomic mass is 10.1. The van der Waals surface area contributed by atoms with E-state index in [1.54, 1.807) is 11.0 Å². The number of benzene rings is 2. The lowest BCUT2D eigenvalue weighted by Gasteiger charge is -2.35. The van der Waals surface area contributed by atoms with E-state index in [1.165, 1.54) is 4.31 Å². The van der Waals surface area contributed by atoms with Crippen molar-refractivity contribution < 1.29 is 31.1 Å². The molecule has 0 aliphatic carbocycles. The quantitative estimate of drug-likeness (QED) is 0.736. The molecule has 2 aromatic carbocycles. The first-order chi connectivity index (χ1) is 14.2. The van der Waals surface area contributed by atoms with Gasteiger partial charge in [0.25, 0.3) is 5.91 Å². The minimum atomic E-state index is -4.53. The minimum Gasteiger partial charge on any atom is -0.480 e. The third-order valence-corrected chi connectivity index (χ3v) is 7.21. The van der Waals surface area contributed by atoms with E-state index in [0.29, 0.717) is 12.2 Å². The number of para-hydroxylation sites is 1. The highest BCUT2D eigenvalue weighted by Gasteiger charge is 2.36. The van der Waals surface area contributed by atoms with Crippen LogP contribution >= 0.6 is 0 Å². The number of hydrogen-bond donors (Lipinski definition) is 0. The van der Waals surface area contributed by atoms with Gasteiger partial charge in [0, 0.05) is 32.6 Å². The number of piperazine rings is 1. The molecule has 6 nitrogen and oxygen atoms in total. The molecule has 1 amide bonds. The molecule has 0 aromatic heterocycles. The number of carbonyl (C=O) groups excluding carboxylic acids is 1. The molecule has 30 heavy (non-hydrogen) atoms. The number of fused-ring (bicyclic) bond motifs is 1. The standard InChI is InChI=1S/C20H19F3N2O4S/c21-20(22,23)15-5-7-16(8-6-15)30(27,28)25-11-9-24(10-12-25)19(26)18-13-14-3-1-2-4-17(14)29-18/h1-8,18H,9-13H2. The van der Waals surface area contributed by atoms with Crippen LogP contribution in [-0.2, 0) is 27.4 Å². The van der Waals surface area contributed by atoms with Crippen molar-refractivity contribution in [2.75, 3.05) is 26.2 Å². The Morgan fingerprint density at radius 1 is 0.967 bits per heavy atom. The molecular formula is C20H19F3N2O4S. The molecule has 4 rings (SSSR count). The van der Waals surface area contributed by atoms with Crippen molar-refractivity contribution in [1.82, 2.24) is 9.21 Å². The number of sulfonamides is 1. The van der Waals surface area contributed by atoms with Crippen LogP contribution in [-0.4, -0.2) is 55.8 Å². The first kappa shape index (κ1) is 20.7. The highest BCUT2D eigenvalue weighted by atomic mass is 32.2. The molecule has 2 aromatic rings. The van der Waals surface area contributed by atoms with Crippen molar-refractivity contribution in [3.8, 4) is 5.75 Å². The zero-order valence-corrected chi connectivity index (χ0v) is 16.6. The van der Waals surface area contributed by atoms with E-state index in [1.807, 2.05) is 18.2 Å². The van der Waals surface area contributed by atoms with E-state index in [0.717, 1.165) is 29.8 Å². The Morgan fingerprint density at radius 2 is 1.60 bits per heavy atom. The third kappa shape index (κ3) is 3.89. The van der Waals surface area contributed by atoms with E-state index >= 15 is 0 Å². The maximum atomic E-state index is 12.8. The SMILES string of the molecule is O=C(C1Cc2ccccc2O1)N1CCN(S(=O)(=O)c2ccc(C(F)(F)F)cc2)CC1. The summed E-state index contributed by atoms with van der Waals surface area (Å²) in [7, 11) is -3.94. The lowest BCUT2D eigenvalue weighted by Crippen LogP contribution is -2.53. The van der Waals surface area contributed by atoms with Crippen molar-refractivity contribution in [2.24, 2.45) is 0 Å². The lowest BCUT2D eigenvalue weighted by molar-refractivity contribution is -0.139. The molecule has 2 aliphatic rings. The van der Waals surface area contributed by atoms with Gasteiger partial charge in [0.2, 0.25) is 10.0 Å². The van der Waals surface area contributed by atoms with Crippen molar-refractivity contribution in [3.63, 3.8) is 0 Å². The largest absolute Gasteiger partial charge is 0.480 e. The summed E-state index contributed by atoms with van der Waals surface area (Å²) in [4.78, 5) is 14.1. The molecule has 0 radical (unpaired) electrons. The Hall–Kier alpha value is -2.59. The molecule has 0 spiro atoms. The Labute approximate surface area is 171 Å². The van der Waals surface area contributed by atoms with Crippen LogP contribution in [0.5, 0.6) is 5.75 Å². The molecule has 160 valence electrons. The number of halogens is 3. The number of alkyl halides is 3. The summed E-state index contributed by atoms with van der Waals surface area (Å²) in [6.45, 7) is 0.507. The second-order valence-electron chi connectivity index (χ2n) is 7.17. The first-order valence-electron chi connectivity index (χ1n) is 9.37. The van der Waals surface area contributed by atoms with Crippen LogP contribution in [0.25, 0.3) is 0 Å². The highest BCUT2D eigenvalue weighted by molar-refractivity contribution is 7.89. The fraction of sp³-hybridized carbons (Fsp3) is 0.350. The smallest absolute Gasteiger partial charge is 0.416 e. The van der Waals surface area contributed by atoms with Crippen LogP contribution in [0.3, 0.4) is 0 Å². The van der Waals surface area contributed by atoms with Crippen molar-refractivity contribution >= 4 is 15.9 Å². The van der Waals surface area contributed by atoms with Crippen LogP contribution < -0.4 is 4.74 Å². The highest BCUT2D eigenvalue weighted by Crippen LogP contribution is 2.31. The molecule has 0 bridgehead atoms. The van der Waals surface area contributed by atoms with Gasteiger partial charge in [-0.05, 0) is 35.9 Å². The summed E-state index contributed by atoms with van der Waals surface area (Å²) in [5, 5.41) is 0. The van der Waals surface area contributed by atoms with Gasteiger partial charge in [0.15, 0.2) is 6.10 Å². The molecule has 1 saturated heterocycles. The summed E-state index contributed by atoms with van der Waals surface area (Å²) < 4.78 is 70.5. The second-order valence-corrected chi connectivity index (χ2v) is 9.11. The van der Waals surface area contributed by atoms with Crippen molar-refractivity contribution in [2.45, 2.75) is 23.6 Å². The molecule has 0 N–H and O–H groups in total. The number of hydrogen-bond acceptors (Lipinski definition) is 4. The zero-order chi connectivity index (χ0) is 21.5. The van der Waals surface area contributed by atoms with Gasteiger partial charge in [-0.1, -0.05) is 18.2 Å². The number of rotatable bonds is 3. The van der Waals surface area contributed by atoms with Gasteiger partial charge >= 0.3 is 6.18 Å². The topological polar surface area (TPSA) is 66.9 Å². The molecule has 1 unspecified atom stereocenters. The molecule has 10 heteroatoms. The molecule has 2 aliphatic heterocycles. The summed E-state index contributed by atoms with van der Waals surface area (Å²) in [6, 6.07) is 10.8. The molecule has 1 atom stereocenters. The van der Waals surface area contributed by atoms with Crippen molar-refractivity contribution in [3.05, 3.63) is 59.7 Å². The predicted molar refractivity (Wildman–Crippen MR) is 101 cm³/mol. The number of nitrogens with zero attached hydrogens (tertiary/aromatic N) is 2. The fourth-order valence-corrected chi connectivity index (χ4v) is 5.06. The van der Waals surface area contributed by atoms with E-state index in [4.69, 9.17) is 4.74 Å². The van der Waals surface area contributed by atoms with Crippen LogP contribution in [0.1, 0.15) is 11.1 Å². The minimum absolute atomic E-state index is 0.0643. The Balaban J connectivity index is 1.39. The number of amides is 1. The van der Waals surface area contributed by atoms with Crippen molar-refractivity contribution in [1.29, 1.82) is 0 Å². The molecule has 2 heterocycles. The molecule has 0 saturated carbocycles. The first-order valence-corrected chi connectivity index (χ1v) is 10.8. The third-order valence-electron chi connectivity index (χ3n) is 5.29. The van der Waals surface area contributed by atoms with E-state index in [9.17, 15) is 26.4 Å². The number of carbonyl (C=O) groups is 1. The van der Waals surface area contributed by atoms with Crippen LogP contribution in [0.15, 0.2) is 53.4 Å². The summed E-state index contributed by atoms with van der Waals surface area (Å²) in [5.74, 6) is 0.483. The summed E-state index contributed by atoms with van der Waals surface area (Å²) in [6.07, 6.45) is -4.68. The van der Waals surface area contributed by atoms with Gasteiger partial charge in [0.05, 0.1) is 10.5 Å². The summed E-state index contributed by atoms with van der Waals surface area (Å²) in [5.41, 5.74) is 0.0498. The van der Waals surface area contributed by atoms with E-state index < -0.39 is 27.9 Å². The van der Waals surface area contributed by atoms with Gasteiger partial charge in [0.1, 0.15) is 5.75 Å². The van der Waals surface area contributed by atoms with Crippen LogP contribution in [0, 0.1) is 0 Å². The monoisotopic (exact) mass is 440 g/mol. The predicted octanol–water partition coefficient (Wildman–Crippen LogP) is 2.54. The zero-order valence-electron chi connectivity index (χ0n) is 15.8. The van der Waals surface area contributed by atoms with Crippen LogP contribution in [0.4, 0.5) is 13.2 Å². The number of ether oxygens (including phenoxy) is 1. The maximum Gasteiger partial charge on any atom is 0.416 e. The van der Waals surface area contributed by atoms with Crippen LogP contribution in [0.2, 0.25) is 0 Å². The molecular weight excluding hydrogens is 421 g/mol. The van der Waals surface area contributed by atoms with Gasteiger partial charge in [-0.3, -0.25) is 4.79 Å². The fourth-order valence-electron chi connectivity index (χ4n) is 3.64. The second kappa shape index (κ2) is 7.59. The Kier molecular flexibility index (Phi) is 5.23. The average molecular weight is 440 g/mol. The summed E-state index contributed by atoms with van der Waals surface area (Å²) >= 11 is 0. The maximum absolute atomic E-state index is 12.8. The Morgan fingerprint density at radius 3 is 2.20 bits per heavy atom. The normalized spacial score (nSPS) is 20.0. The van der Waals surface area contributed by atoms with E-state index in [-0.39, 0.29) is 37.0 Å². The van der Waals surface area contributed by atoms with Gasteiger partial charge in [-0.2, -0.15) is 17.5 Å². The van der Waals surface area contributed by atoms with E-state index in [2.05, 4.69) is 0 Å².